The molecule has 2 heterocycles. The summed E-state index contributed by atoms with van der Waals surface area (Å²) in [4.78, 5) is 2.71. The highest BCUT2D eigenvalue weighted by Gasteiger charge is 2.21. The number of rotatable bonds is 1. The van der Waals surface area contributed by atoms with Gasteiger partial charge in [0.15, 0.2) is 0 Å². The predicted molar refractivity (Wildman–Crippen MR) is 62.7 cm³/mol. The molecule has 0 aliphatic carbocycles. The molecular weight excluding hydrogens is 172 g/mol. The Morgan fingerprint density at radius 2 is 1.50 bits per heavy atom. The van der Waals surface area contributed by atoms with Crippen LogP contribution in [0.4, 0.5) is 0 Å². The molecule has 0 aromatic rings. The van der Waals surface area contributed by atoms with Gasteiger partial charge in [-0.1, -0.05) is 20.3 Å². The van der Waals surface area contributed by atoms with E-state index in [9.17, 15) is 0 Å². The standard InChI is InChI=1S/C10H20N2.C2H6/c1-2-8-12(9-3-1)10-4-6-11-7-5-10;1-2/h10-11H,1-9H2;1-2H3. The molecular formula is C12H26N2. The summed E-state index contributed by atoms with van der Waals surface area (Å²) >= 11 is 0. The lowest BCUT2D eigenvalue weighted by Gasteiger charge is -2.36. The van der Waals surface area contributed by atoms with Gasteiger partial charge >= 0.3 is 0 Å². The summed E-state index contributed by atoms with van der Waals surface area (Å²) in [6.45, 7) is 9.21. The largest absolute Gasteiger partial charge is 0.317 e. The van der Waals surface area contributed by atoms with Gasteiger partial charge in [-0.25, -0.2) is 0 Å². The number of piperidine rings is 2. The van der Waals surface area contributed by atoms with Crippen LogP contribution in [0, 0.1) is 0 Å². The van der Waals surface area contributed by atoms with Crippen molar-refractivity contribution in [2.75, 3.05) is 26.2 Å². The first-order valence-corrected chi connectivity index (χ1v) is 6.41. The summed E-state index contributed by atoms with van der Waals surface area (Å²) in [6, 6.07) is 0.909. The zero-order chi connectivity index (χ0) is 10.2. The van der Waals surface area contributed by atoms with Crippen LogP contribution in [-0.2, 0) is 0 Å². The number of hydrogen-bond donors (Lipinski definition) is 1. The van der Waals surface area contributed by atoms with E-state index < -0.39 is 0 Å². The first kappa shape index (κ1) is 12.0. The molecule has 0 aromatic heterocycles. The maximum Gasteiger partial charge on any atom is 0.0119 e. The normalized spacial score (nSPS) is 25.3. The molecule has 0 amide bonds. The molecule has 2 aliphatic heterocycles. The molecule has 2 nitrogen and oxygen atoms in total. The Labute approximate surface area is 89.1 Å². The lowest BCUT2D eigenvalue weighted by atomic mass is 10.0. The molecule has 2 fully saturated rings. The van der Waals surface area contributed by atoms with Gasteiger partial charge < -0.3 is 10.2 Å². The third kappa shape index (κ3) is 3.58. The van der Waals surface area contributed by atoms with Crippen LogP contribution in [0.25, 0.3) is 0 Å². The molecule has 84 valence electrons. The molecule has 2 aliphatic rings. The Kier molecular flexibility index (Phi) is 6.20. The van der Waals surface area contributed by atoms with Crippen LogP contribution in [0.5, 0.6) is 0 Å². The minimum atomic E-state index is 0.909. The molecule has 0 atom stereocenters. The number of nitrogens with zero attached hydrogens (tertiary/aromatic N) is 1. The van der Waals surface area contributed by atoms with E-state index >= 15 is 0 Å². The molecule has 0 saturated carbocycles. The first-order chi connectivity index (χ1) is 6.97. The third-order valence-electron chi connectivity index (χ3n) is 3.22. The second-order valence-corrected chi connectivity index (χ2v) is 4.08. The second kappa shape index (κ2) is 7.24. The van der Waals surface area contributed by atoms with E-state index in [2.05, 4.69) is 10.2 Å². The zero-order valence-corrected chi connectivity index (χ0v) is 9.89. The summed E-state index contributed by atoms with van der Waals surface area (Å²) in [5, 5.41) is 3.43. The second-order valence-electron chi connectivity index (χ2n) is 4.08. The molecule has 2 saturated heterocycles. The van der Waals surface area contributed by atoms with E-state index in [-0.39, 0.29) is 0 Å². The van der Waals surface area contributed by atoms with E-state index in [1.165, 1.54) is 58.3 Å². The molecule has 0 bridgehead atoms. The van der Waals surface area contributed by atoms with Crippen molar-refractivity contribution in [2.45, 2.75) is 52.0 Å². The molecule has 14 heavy (non-hydrogen) atoms. The fraction of sp³-hybridized carbons (Fsp3) is 1.00. The topological polar surface area (TPSA) is 15.3 Å². The summed E-state index contributed by atoms with van der Waals surface area (Å²) in [6.07, 6.45) is 7.08. The van der Waals surface area contributed by atoms with Crippen LogP contribution in [0.2, 0.25) is 0 Å². The van der Waals surface area contributed by atoms with Gasteiger partial charge in [0.05, 0.1) is 0 Å². The molecule has 1 N–H and O–H groups in total. The molecule has 0 radical (unpaired) electrons. The lowest BCUT2D eigenvalue weighted by Crippen LogP contribution is -2.45. The first-order valence-electron chi connectivity index (χ1n) is 6.41. The fourth-order valence-corrected chi connectivity index (χ4v) is 2.46. The van der Waals surface area contributed by atoms with E-state index in [1.54, 1.807) is 0 Å². The Morgan fingerprint density at radius 1 is 0.929 bits per heavy atom. The third-order valence-corrected chi connectivity index (χ3v) is 3.22. The maximum atomic E-state index is 3.43. The molecule has 0 spiro atoms. The van der Waals surface area contributed by atoms with Crippen molar-refractivity contribution < 1.29 is 0 Å². The van der Waals surface area contributed by atoms with Crippen LogP contribution in [0.3, 0.4) is 0 Å². The Hall–Kier alpha value is -0.0800. The van der Waals surface area contributed by atoms with Gasteiger partial charge in [0, 0.05) is 6.04 Å². The van der Waals surface area contributed by atoms with Gasteiger partial charge in [-0.15, -0.1) is 0 Å². The maximum absolute atomic E-state index is 3.43. The number of hydrogen-bond acceptors (Lipinski definition) is 2. The number of likely N-dealkylation sites (tertiary alicyclic amines) is 1. The highest BCUT2D eigenvalue weighted by molar-refractivity contribution is 4.79. The van der Waals surface area contributed by atoms with E-state index in [0.29, 0.717) is 0 Å². The molecule has 0 unspecified atom stereocenters. The van der Waals surface area contributed by atoms with Crippen LogP contribution >= 0.6 is 0 Å². The monoisotopic (exact) mass is 198 g/mol. The van der Waals surface area contributed by atoms with Crippen molar-refractivity contribution in [2.24, 2.45) is 0 Å². The summed E-state index contributed by atoms with van der Waals surface area (Å²) in [5.74, 6) is 0. The van der Waals surface area contributed by atoms with Crippen LogP contribution in [0.15, 0.2) is 0 Å². The quantitative estimate of drug-likeness (QED) is 0.695. The van der Waals surface area contributed by atoms with E-state index in [1.807, 2.05) is 13.8 Å². The van der Waals surface area contributed by atoms with Crippen LogP contribution in [-0.4, -0.2) is 37.1 Å². The smallest absolute Gasteiger partial charge is 0.0119 e. The van der Waals surface area contributed by atoms with Crippen molar-refractivity contribution in [1.29, 1.82) is 0 Å². The predicted octanol–water partition coefficient (Wildman–Crippen LogP) is 2.25. The molecule has 0 aromatic carbocycles. The van der Waals surface area contributed by atoms with E-state index in [0.717, 1.165) is 6.04 Å². The van der Waals surface area contributed by atoms with Crippen LogP contribution in [0.1, 0.15) is 46.0 Å². The van der Waals surface area contributed by atoms with Crippen molar-refractivity contribution in [3.05, 3.63) is 0 Å². The summed E-state index contributed by atoms with van der Waals surface area (Å²) < 4.78 is 0. The van der Waals surface area contributed by atoms with Gasteiger partial charge in [0.1, 0.15) is 0 Å². The highest BCUT2D eigenvalue weighted by Crippen LogP contribution is 2.17. The summed E-state index contributed by atoms with van der Waals surface area (Å²) in [7, 11) is 0. The summed E-state index contributed by atoms with van der Waals surface area (Å²) in [5.41, 5.74) is 0. The van der Waals surface area contributed by atoms with Gasteiger partial charge in [-0.3, -0.25) is 0 Å². The SMILES string of the molecule is C1CCN(C2CCNCC2)CC1.CC. The van der Waals surface area contributed by atoms with Crippen LogP contribution < -0.4 is 5.32 Å². The van der Waals surface area contributed by atoms with Crippen molar-refractivity contribution in [1.82, 2.24) is 10.2 Å². The Bertz CT molecular complexity index is 108. The average molecular weight is 198 g/mol. The van der Waals surface area contributed by atoms with Crippen molar-refractivity contribution in [3.63, 3.8) is 0 Å². The van der Waals surface area contributed by atoms with Gasteiger partial charge in [-0.2, -0.15) is 0 Å². The minimum absolute atomic E-state index is 0.909. The molecule has 2 rings (SSSR count). The van der Waals surface area contributed by atoms with Gasteiger partial charge in [-0.05, 0) is 51.9 Å². The highest BCUT2D eigenvalue weighted by atomic mass is 15.2. The molecule has 2 heteroatoms. The lowest BCUT2D eigenvalue weighted by molar-refractivity contribution is 0.136. The fourth-order valence-electron chi connectivity index (χ4n) is 2.46. The van der Waals surface area contributed by atoms with Crippen molar-refractivity contribution in [3.8, 4) is 0 Å². The average Bonchev–Trinajstić information content (AvgIpc) is 2.34. The van der Waals surface area contributed by atoms with Gasteiger partial charge in [0.2, 0.25) is 0 Å². The van der Waals surface area contributed by atoms with Crippen molar-refractivity contribution >= 4 is 0 Å². The minimum Gasteiger partial charge on any atom is -0.317 e. The zero-order valence-electron chi connectivity index (χ0n) is 9.89. The number of nitrogens with one attached hydrogen (secondary N) is 1. The van der Waals surface area contributed by atoms with Gasteiger partial charge in [0.25, 0.3) is 0 Å². The Morgan fingerprint density at radius 3 is 2.07 bits per heavy atom. The Balaban J connectivity index is 0.000000461. The van der Waals surface area contributed by atoms with E-state index in [4.69, 9.17) is 0 Å².